The molecule has 0 radical (unpaired) electrons. The highest BCUT2D eigenvalue weighted by Crippen LogP contribution is 2.18. The van der Waals surface area contributed by atoms with Crippen LogP contribution in [-0.4, -0.2) is 26.3 Å². The van der Waals surface area contributed by atoms with Crippen molar-refractivity contribution in [2.45, 2.75) is 20.0 Å². The number of para-hydroxylation sites is 2. The second-order valence-electron chi connectivity index (χ2n) is 5.24. The van der Waals surface area contributed by atoms with E-state index in [9.17, 15) is 4.79 Å². The van der Waals surface area contributed by atoms with Crippen LogP contribution in [0.15, 0.2) is 48.5 Å². The first-order valence-corrected chi connectivity index (χ1v) is 8.07. The zero-order chi connectivity index (χ0) is 17.2. The van der Waals surface area contributed by atoms with Gasteiger partial charge in [-0.25, -0.2) is 4.79 Å². The summed E-state index contributed by atoms with van der Waals surface area (Å²) in [5.74, 6) is 0.835. The number of carbonyl (C=O) groups is 1. The Balaban J connectivity index is 1.85. The van der Waals surface area contributed by atoms with E-state index in [4.69, 9.17) is 9.47 Å². The van der Waals surface area contributed by atoms with E-state index in [1.54, 1.807) is 7.11 Å². The van der Waals surface area contributed by atoms with Gasteiger partial charge >= 0.3 is 6.03 Å². The molecule has 0 bridgehead atoms. The van der Waals surface area contributed by atoms with Gasteiger partial charge in [0.1, 0.15) is 5.75 Å². The number of hydrogen-bond acceptors (Lipinski definition) is 3. The fraction of sp³-hybridized carbons (Fsp3) is 0.316. The van der Waals surface area contributed by atoms with E-state index < -0.39 is 0 Å². The van der Waals surface area contributed by atoms with Crippen LogP contribution in [0.25, 0.3) is 0 Å². The molecule has 5 nitrogen and oxygen atoms in total. The summed E-state index contributed by atoms with van der Waals surface area (Å²) >= 11 is 0. The molecule has 0 unspecified atom stereocenters. The molecule has 0 saturated carbocycles. The summed E-state index contributed by atoms with van der Waals surface area (Å²) in [6, 6.07) is 15.2. The van der Waals surface area contributed by atoms with Gasteiger partial charge < -0.3 is 20.1 Å². The normalized spacial score (nSPS) is 10.2. The molecule has 2 aromatic carbocycles. The Morgan fingerprint density at radius 1 is 1.04 bits per heavy atom. The summed E-state index contributed by atoms with van der Waals surface area (Å²) in [5, 5.41) is 5.74. The molecule has 0 aliphatic rings. The minimum absolute atomic E-state index is 0.228. The maximum absolute atomic E-state index is 12.1. The number of amides is 2. The third-order valence-electron chi connectivity index (χ3n) is 3.60. The zero-order valence-electron chi connectivity index (χ0n) is 14.2. The predicted octanol–water partition coefficient (Wildman–Crippen LogP) is 3.60. The molecule has 0 spiro atoms. The summed E-state index contributed by atoms with van der Waals surface area (Å²) in [6.45, 7) is 3.59. The number of hydrogen-bond donors (Lipinski definition) is 2. The fourth-order valence-electron chi connectivity index (χ4n) is 2.37. The molecule has 0 atom stereocenters. The molecule has 0 fully saturated rings. The highest BCUT2D eigenvalue weighted by Gasteiger charge is 2.07. The summed E-state index contributed by atoms with van der Waals surface area (Å²) in [4.78, 5) is 12.1. The highest BCUT2D eigenvalue weighted by atomic mass is 16.5. The molecule has 0 aliphatic carbocycles. The molecule has 0 saturated heterocycles. The Morgan fingerprint density at radius 2 is 1.75 bits per heavy atom. The monoisotopic (exact) mass is 328 g/mol. The molecular weight excluding hydrogens is 304 g/mol. The first kappa shape index (κ1) is 17.8. The van der Waals surface area contributed by atoms with Crippen LogP contribution in [0.1, 0.15) is 18.1 Å². The molecule has 2 amide bonds. The van der Waals surface area contributed by atoms with Gasteiger partial charge in [-0.2, -0.15) is 0 Å². The zero-order valence-corrected chi connectivity index (χ0v) is 14.2. The number of carbonyl (C=O) groups excluding carboxylic acids is 1. The van der Waals surface area contributed by atoms with Crippen molar-refractivity contribution in [2.75, 3.05) is 25.6 Å². The highest BCUT2D eigenvalue weighted by molar-refractivity contribution is 5.90. The summed E-state index contributed by atoms with van der Waals surface area (Å²) < 4.78 is 10.7. The van der Waals surface area contributed by atoms with Gasteiger partial charge in [-0.15, -0.1) is 0 Å². The van der Waals surface area contributed by atoms with Crippen molar-refractivity contribution >= 4 is 11.7 Å². The van der Waals surface area contributed by atoms with Crippen LogP contribution in [0.5, 0.6) is 5.75 Å². The van der Waals surface area contributed by atoms with E-state index in [0.717, 1.165) is 22.6 Å². The van der Waals surface area contributed by atoms with Gasteiger partial charge in [0.15, 0.2) is 0 Å². The Bertz CT molecular complexity index is 659. The van der Waals surface area contributed by atoms with Crippen LogP contribution in [0, 0.1) is 0 Å². The lowest BCUT2D eigenvalue weighted by Crippen LogP contribution is -2.30. The standard InChI is InChI=1S/C19H24N2O3/c1-3-24-14-16-9-4-6-10-17(16)21-19(22)20-13-12-15-8-5-7-11-18(15)23-2/h4-11H,3,12-14H2,1-2H3,(H2,20,21,22). The summed E-state index contributed by atoms with van der Waals surface area (Å²) in [6.07, 6.45) is 0.706. The largest absolute Gasteiger partial charge is 0.496 e. The number of rotatable bonds is 8. The third-order valence-corrected chi connectivity index (χ3v) is 3.60. The van der Waals surface area contributed by atoms with Crippen molar-refractivity contribution in [3.8, 4) is 5.75 Å². The van der Waals surface area contributed by atoms with E-state index >= 15 is 0 Å². The van der Waals surface area contributed by atoms with E-state index in [2.05, 4.69) is 10.6 Å². The minimum Gasteiger partial charge on any atom is -0.496 e. The van der Waals surface area contributed by atoms with Gasteiger partial charge in [0, 0.05) is 24.4 Å². The van der Waals surface area contributed by atoms with Crippen molar-refractivity contribution in [1.82, 2.24) is 5.32 Å². The molecule has 2 rings (SSSR count). The van der Waals surface area contributed by atoms with Crippen molar-refractivity contribution in [1.29, 1.82) is 0 Å². The molecule has 0 aromatic heterocycles. The van der Waals surface area contributed by atoms with Crippen LogP contribution >= 0.6 is 0 Å². The van der Waals surface area contributed by atoms with Crippen molar-refractivity contribution in [3.63, 3.8) is 0 Å². The average Bonchev–Trinajstić information content (AvgIpc) is 2.61. The Morgan fingerprint density at radius 3 is 2.50 bits per heavy atom. The number of benzene rings is 2. The van der Waals surface area contributed by atoms with Crippen molar-refractivity contribution < 1.29 is 14.3 Å². The number of ether oxygens (including phenoxy) is 2. The van der Waals surface area contributed by atoms with Crippen LogP contribution in [0.2, 0.25) is 0 Å². The first-order chi connectivity index (χ1) is 11.7. The Labute approximate surface area is 143 Å². The topological polar surface area (TPSA) is 59.6 Å². The minimum atomic E-state index is -0.228. The predicted molar refractivity (Wildman–Crippen MR) is 95.5 cm³/mol. The van der Waals surface area contributed by atoms with Crippen molar-refractivity contribution in [3.05, 3.63) is 59.7 Å². The Hall–Kier alpha value is -2.53. The number of nitrogens with one attached hydrogen (secondary N) is 2. The molecule has 2 N–H and O–H groups in total. The van der Waals surface area contributed by atoms with Crippen LogP contribution in [-0.2, 0) is 17.8 Å². The van der Waals surface area contributed by atoms with Crippen molar-refractivity contribution in [2.24, 2.45) is 0 Å². The van der Waals surface area contributed by atoms with E-state index in [0.29, 0.717) is 26.2 Å². The maximum atomic E-state index is 12.1. The van der Waals surface area contributed by atoms with Crippen LogP contribution < -0.4 is 15.4 Å². The lowest BCUT2D eigenvalue weighted by atomic mass is 10.1. The molecule has 5 heteroatoms. The smallest absolute Gasteiger partial charge is 0.319 e. The number of anilines is 1. The number of methoxy groups -OCH3 is 1. The van der Waals surface area contributed by atoms with Gasteiger partial charge in [0.2, 0.25) is 0 Å². The van der Waals surface area contributed by atoms with Gasteiger partial charge in [-0.3, -0.25) is 0 Å². The SMILES string of the molecule is CCOCc1ccccc1NC(=O)NCCc1ccccc1OC. The van der Waals surface area contributed by atoms with E-state index in [1.807, 2.05) is 55.5 Å². The number of urea groups is 1. The first-order valence-electron chi connectivity index (χ1n) is 8.07. The summed E-state index contributed by atoms with van der Waals surface area (Å²) in [5.41, 5.74) is 2.79. The lowest BCUT2D eigenvalue weighted by Gasteiger charge is -2.12. The van der Waals surface area contributed by atoms with Gasteiger partial charge in [-0.1, -0.05) is 36.4 Å². The van der Waals surface area contributed by atoms with Gasteiger partial charge in [0.05, 0.1) is 13.7 Å². The Kier molecular flexibility index (Phi) is 7.11. The van der Waals surface area contributed by atoms with Gasteiger partial charge in [-0.05, 0) is 31.0 Å². The quantitative estimate of drug-likeness (QED) is 0.778. The van der Waals surface area contributed by atoms with E-state index in [-0.39, 0.29) is 6.03 Å². The summed E-state index contributed by atoms with van der Waals surface area (Å²) in [7, 11) is 1.65. The second kappa shape index (κ2) is 9.57. The third kappa shape index (κ3) is 5.28. The fourth-order valence-corrected chi connectivity index (χ4v) is 2.37. The molecule has 24 heavy (non-hydrogen) atoms. The average molecular weight is 328 g/mol. The molecular formula is C19H24N2O3. The molecule has 128 valence electrons. The molecule has 0 aliphatic heterocycles. The van der Waals surface area contributed by atoms with Gasteiger partial charge in [0.25, 0.3) is 0 Å². The maximum Gasteiger partial charge on any atom is 0.319 e. The van der Waals surface area contributed by atoms with Crippen LogP contribution in [0.3, 0.4) is 0 Å². The second-order valence-corrected chi connectivity index (χ2v) is 5.24. The molecule has 0 heterocycles. The van der Waals surface area contributed by atoms with E-state index in [1.165, 1.54) is 0 Å². The molecule has 2 aromatic rings. The lowest BCUT2D eigenvalue weighted by molar-refractivity contribution is 0.134. The van der Waals surface area contributed by atoms with Crippen LogP contribution in [0.4, 0.5) is 10.5 Å².